The number of rotatable bonds is 6. The van der Waals surface area contributed by atoms with Crippen LogP contribution in [0.5, 0.6) is 0 Å². The quantitative estimate of drug-likeness (QED) is 0.687. The fourth-order valence-electron chi connectivity index (χ4n) is 3.48. The number of hydrogen-bond acceptors (Lipinski definition) is 5. The van der Waals surface area contributed by atoms with E-state index in [4.69, 9.17) is 0 Å². The van der Waals surface area contributed by atoms with Gasteiger partial charge in [-0.15, -0.1) is 0 Å². The highest BCUT2D eigenvalue weighted by molar-refractivity contribution is 5.74. The zero-order valence-corrected chi connectivity index (χ0v) is 13.5. The van der Waals surface area contributed by atoms with Gasteiger partial charge in [-0.25, -0.2) is 14.8 Å². The number of urea groups is 1. The Morgan fingerprint density at radius 1 is 1.17 bits per heavy atom. The van der Waals surface area contributed by atoms with Crippen LogP contribution in [-0.2, 0) is 0 Å². The molecule has 0 bridgehead atoms. The summed E-state index contributed by atoms with van der Waals surface area (Å²) < 4.78 is 0. The number of amides is 2. The summed E-state index contributed by atoms with van der Waals surface area (Å²) in [7, 11) is 0. The predicted octanol–water partition coefficient (Wildman–Crippen LogP) is 1.20. The average Bonchev–Trinajstić information content (AvgIpc) is 3.24. The van der Waals surface area contributed by atoms with Gasteiger partial charge >= 0.3 is 6.03 Å². The molecule has 3 rings (SSSR count). The molecule has 1 atom stereocenters. The monoisotopic (exact) mass is 318 g/mol. The van der Waals surface area contributed by atoms with Crippen LogP contribution < -0.4 is 16.0 Å². The first-order chi connectivity index (χ1) is 11.3. The Labute approximate surface area is 137 Å². The molecule has 0 spiro atoms. The van der Waals surface area contributed by atoms with Crippen molar-refractivity contribution < 1.29 is 4.79 Å². The first kappa shape index (κ1) is 16.0. The van der Waals surface area contributed by atoms with Gasteiger partial charge in [-0.1, -0.05) is 12.8 Å². The zero-order chi connectivity index (χ0) is 15.9. The molecule has 0 unspecified atom stereocenters. The van der Waals surface area contributed by atoms with Gasteiger partial charge in [0.15, 0.2) is 0 Å². The fourth-order valence-corrected chi connectivity index (χ4v) is 3.48. The summed E-state index contributed by atoms with van der Waals surface area (Å²) in [5.74, 6) is 0.581. The Hall–Kier alpha value is -1.89. The van der Waals surface area contributed by atoms with Crippen molar-refractivity contribution in [1.82, 2.24) is 25.5 Å². The summed E-state index contributed by atoms with van der Waals surface area (Å²) in [6, 6.07) is 2.72. The molecule has 0 aromatic carbocycles. The van der Waals surface area contributed by atoms with Gasteiger partial charge in [0.2, 0.25) is 5.95 Å². The zero-order valence-electron chi connectivity index (χ0n) is 13.5. The molecule has 1 saturated heterocycles. The highest BCUT2D eigenvalue weighted by Gasteiger charge is 2.30. The van der Waals surface area contributed by atoms with Gasteiger partial charge in [-0.05, 0) is 25.3 Å². The van der Waals surface area contributed by atoms with Crippen LogP contribution in [0.15, 0.2) is 18.5 Å². The Morgan fingerprint density at radius 3 is 2.74 bits per heavy atom. The van der Waals surface area contributed by atoms with E-state index < -0.39 is 0 Å². The molecule has 1 aliphatic heterocycles. The minimum absolute atomic E-state index is 0.0842. The van der Waals surface area contributed by atoms with E-state index in [2.05, 4.69) is 30.8 Å². The van der Waals surface area contributed by atoms with Crippen molar-refractivity contribution in [2.24, 2.45) is 0 Å². The number of carbonyl (C=O) groups excluding carboxylic acids is 1. The molecule has 1 aliphatic carbocycles. The van der Waals surface area contributed by atoms with E-state index in [1.54, 1.807) is 18.5 Å². The number of carbonyl (C=O) groups is 1. The van der Waals surface area contributed by atoms with Crippen LogP contribution >= 0.6 is 0 Å². The number of likely N-dealkylation sites (tertiary alicyclic amines) is 1. The summed E-state index contributed by atoms with van der Waals surface area (Å²) in [6.07, 6.45) is 9.80. The summed E-state index contributed by atoms with van der Waals surface area (Å²) in [4.78, 5) is 22.6. The van der Waals surface area contributed by atoms with Gasteiger partial charge in [0.05, 0.1) is 0 Å². The number of nitrogens with one attached hydrogen (secondary N) is 3. The third kappa shape index (κ3) is 4.79. The van der Waals surface area contributed by atoms with E-state index in [-0.39, 0.29) is 12.1 Å². The molecule has 3 N–H and O–H groups in total. The van der Waals surface area contributed by atoms with Crippen molar-refractivity contribution in [3.05, 3.63) is 18.5 Å². The summed E-state index contributed by atoms with van der Waals surface area (Å²) in [6.45, 7) is 3.26. The minimum Gasteiger partial charge on any atom is -0.352 e. The van der Waals surface area contributed by atoms with Gasteiger partial charge < -0.3 is 16.0 Å². The Bertz CT molecular complexity index is 491. The molecule has 1 aromatic rings. The molecule has 1 aromatic heterocycles. The van der Waals surface area contributed by atoms with Crippen molar-refractivity contribution in [3.63, 3.8) is 0 Å². The van der Waals surface area contributed by atoms with Gasteiger partial charge in [-0.2, -0.15) is 0 Å². The molecule has 0 radical (unpaired) electrons. The van der Waals surface area contributed by atoms with Crippen LogP contribution in [0, 0.1) is 0 Å². The van der Waals surface area contributed by atoms with Crippen LogP contribution in [0.4, 0.5) is 10.7 Å². The average molecular weight is 318 g/mol. The molecule has 7 nitrogen and oxygen atoms in total. The van der Waals surface area contributed by atoms with Crippen LogP contribution in [-0.4, -0.2) is 59.2 Å². The van der Waals surface area contributed by atoms with Gasteiger partial charge in [0.25, 0.3) is 0 Å². The summed E-state index contributed by atoms with van der Waals surface area (Å²) >= 11 is 0. The number of aromatic nitrogens is 2. The van der Waals surface area contributed by atoms with E-state index in [1.807, 2.05) is 0 Å². The maximum Gasteiger partial charge on any atom is 0.315 e. The topological polar surface area (TPSA) is 82.2 Å². The lowest BCUT2D eigenvalue weighted by Gasteiger charge is -2.23. The molecule has 1 saturated carbocycles. The highest BCUT2D eigenvalue weighted by atomic mass is 16.2. The van der Waals surface area contributed by atoms with Crippen molar-refractivity contribution in [3.8, 4) is 0 Å². The second-order valence-corrected chi connectivity index (χ2v) is 6.32. The maximum absolute atomic E-state index is 11.9. The summed E-state index contributed by atoms with van der Waals surface area (Å²) in [5, 5.41) is 9.02. The smallest absolute Gasteiger partial charge is 0.315 e. The highest BCUT2D eigenvalue weighted by Crippen LogP contribution is 2.26. The molecule has 2 heterocycles. The Kier molecular flexibility index (Phi) is 5.63. The third-order valence-electron chi connectivity index (χ3n) is 4.66. The minimum atomic E-state index is -0.0842. The largest absolute Gasteiger partial charge is 0.352 e. The van der Waals surface area contributed by atoms with Crippen LogP contribution in [0.3, 0.4) is 0 Å². The van der Waals surface area contributed by atoms with Crippen molar-refractivity contribution in [2.75, 3.05) is 31.5 Å². The lowest BCUT2D eigenvalue weighted by molar-refractivity contribution is 0.228. The molecular weight excluding hydrogens is 292 g/mol. The third-order valence-corrected chi connectivity index (χ3v) is 4.66. The molecule has 126 valence electrons. The van der Waals surface area contributed by atoms with Crippen LogP contribution in [0.2, 0.25) is 0 Å². The molecule has 7 heteroatoms. The van der Waals surface area contributed by atoms with E-state index in [1.165, 1.54) is 25.7 Å². The van der Waals surface area contributed by atoms with E-state index in [9.17, 15) is 4.79 Å². The van der Waals surface area contributed by atoms with Crippen molar-refractivity contribution >= 4 is 12.0 Å². The maximum atomic E-state index is 11.9. The molecular formula is C16H26N6O. The second-order valence-electron chi connectivity index (χ2n) is 6.32. The van der Waals surface area contributed by atoms with Crippen LogP contribution in [0.1, 0.15) is 32.1 Å². The van der Waals surface area contributed by atoms with E-state index in [0.717, 1.165) is 25.6 Å². The van der Waals surface area contributed by atoms with Gasteiger partial charge in [0.1, 0.15) is 0 Å². The first-order valence-electron chi connectivity index (χ1n) is 8.60. The SMILES string of the molecule is O=C(NCCNc1ncccn1)N[C@H]1CCN(C2CCCC2)C1. The molecule has 23 heavy (non-hydrogen) atoms. The Morgan fingerprint density at radius 2 is 1.96 bits per heavy atom. The lowest BCUT2D eigenvalue weighted by atomic mass is 10.2. The predicted molar refractivity (Wildman–Crippen MR) is 89.3 cm³/mol. The van der Waals surface area contributed by atoms with Gasteiger partial charge in [-0.3, -0.25) is 4.90 Å². The molecule has 2 fully saturated rings. The first-order valence-corrected chi connectivity index (χ1v) is 8.60. The number of nitrogens with zero attached hydrogens (tertiary/aromatic N) is 3. The van der Waals surface area contributed by atoms with Gasteiger partial charge in [0, 0.05) is 50.7 Å². The summed E-state index contributed by atoms with van der Waals surface area (Å²) in [5.41, 5.74) is 0. The fraction of sp³-hybridized carbons (Fsp3) is 0.688. The van der Waals surface area contributed by atoms with Crippen LogP contribution in [0.25, 0.3) is 0 Å². The number of anilines is 1. The van der Waals surface area contributed by atoms with E-state index in [0.29, 0.717) is 19.0 Å². The number of hydrogen-bond donors (Lipinski definition) is 3. The Balaban J connectivity index is 1.29. The van der Waals surface area contributed by atoms with E-state index >= 15 is 0 Å². The van der Waals surface area contributed by atoms with Crippen molar-refractivity contribution in [1.29, 1.82) is 0 Å². The lowest BCUT2D eigenvalue weighted by Crippen LogP contribution is -2.45. The molecule has 2 amide bonds. The molecule has 2 aliphatic rings. The standard InChI is InChI=1S/C16H26N6O/c23-16(20-10-9-19-15-17-7-3-8-18-15)21-13-6-11-22(12-13)14-4-1-2-5-14/h3,7-8,13-14H,1-2,4-6,9-12H2,(H,17,18,19)(H2,20,21,23)/t13-/m0/s1. The second kappa shape index (κ2) is 8.10. The normalized spacial score (nSPS) is 22.2. The van der Waals surface area contributed by atoms with Crippen molar-refractivity contribution in [2.45, 2.75) is 44.2 Å².